The van der Waals surface area contributed by atoms with E-state index in [1.165, 1.54) is 32.1 Å². The molecule has 0 aromatic heterocycles. The van der Waals surface area contributed by atoms with Crippen molar-refractivity contribution >= 4 is 5.78 Å². The van der Waals surface area contributed by atoms with Gasteiger partial charge in [-0.3, -0.25) is 4.79 Å². The lowest BCUT2D eigenvalue weighted by atomic mass is 9.88. The molecule has 0 bridgehead atoms. The van der Waals surface area contributed by atoms with Crippen molar-refractivity contribution in [2.75, 3.05) is 0 Å². The molecular formula is C11H20O. The van der Waals surface area contributed by atoms with Gasteiger partial charge in [-0.1, -0.05) is 39.0 Å². The van der Waals surface area contributed by atoms with Crippen LogP contribution >= 0.6 is 0 Å². The molecule has 1 saturated carbocycles. The lowest BCUT2D eigenvalue weighted by Gasteiger charge is -2.17. The van der Waals surface area contributed by atoms with E-state index in [4.69, 9.17) is 0 Å². The van der Waals surface area contributed by atoms with Crippen LogP contribution in [0, 0.1) is 5.92 Å². The van der Waals surface area contributed by atoms with Gasteiger partial charge in [0.2, 0.25) is 0 Å². The first-order valence-electron chi connectivity index (χ1n) is 5.34. The summed E-state index contributed by atoms with van der Waals surface area (Å²) >= 11 is 0. The number of carbonyl (C=O) groups is 1. The normalized spacial score (nSPS) is 26.4. The summed E-state index contributed by atoms with van der Waals surface area (Å²) in [6.07, 6.45) is 9.25. The van der Waals surface area contributed by atoms with Gasteiger partial charge in [-0.15, -0.1) is 0 Å². The van der Waals surface area contributed by atoms with Crippen LogP contribution in [0.2, 0.25) is 0 Å². The van der Waals surface area contributed by atoms with Gasteiger partial charge in [0.05, 0.1) is 0 Å². The molecule has 1 aliphatic carbocycles. The highest BCUT2D eigenvalue weighted by atomic mass is 16.1. The highest BCUT2D eigenvalue weighted by Gasteiger charge is 2.15. The maximum Gasteiger partial charge on any atom is 0.133 e. The molecule has 0 aliphatic heterocycles. The van der Waals surface area contributed by atoms with Crippen molar-refractivity contribution < 1.29 is 4.79 Å². The van der Waals surface area contributed by atoms with Crippen LogP contribution in [-0.4, -0.2) is 5.78 Å². The number of rotatable bonds is 2. The minimum atomic E-state index is 0.508. The molecule has 0 radical (unpaired) electrons. The van der Waals surface area contributed by atoms with E-state index in [1.54, 1.807) is 0 Å². The monoisotopic (exact) mass is 168 g/mol. The van der Waals surface area contributed by atoms with Gasteiger partial charge in [0.25, 0.3) is 0 Å². The van der Waals surface area contributed by atoms with Gasteiger partial charge in [-0.25, -0.2) is 0 Å². The molecule has 12 heavy (non-hydrogen) atoms. The third-order valence-electron chi connectivity index (χ3n) is 2.78. The lowest BCUT2D eigenvalue weighted by Crippen LogP contribution is -2.11. The van der Waals surface area contributed by atoms with Crippen molar-refractivity contribution in [2.24, 2.45) is 5.92 Å². The summed E-state index contributed by atoms with van der Waals surface area (Å²) in [4.78, 5) is 11.3. The van der Waals surface area contributed by atoms with Crippen LogP contribution in [0.15, 0.2) is 0 Å². The Balaban J connectivity index is 2.33. The topological polar surface area (TPSA) is 17.1 Å². The molecule has 1 atom stereocenters. The predicted molar refractivity (Wildman–Crippen MR) is 51.1 cm³/mol. The summed E-state index contributed by atoms with van der Waals surface area (Å²) < 4.78 is 0. The van der Waals surface area contributed by atoms with Crippen LogP contribution in [0.1, 0.15) is 58.3 Å². The van der Waals surface area contributed by atoms with E-state index in [2.05, 4.69) is 6.92 Å². The molecule has 0 spiro atoms. The predicted octanol–water partition coefficient (Wildman–Crippen LogP) is 3.33. The Bertz CT molecular complexity index is 140. The zero-order valence-corrected chi connectivity index (χ0v) is 8.14. The molecule has 1 rings (SSSR count). The van der Waals surface area contributed by atoms with Crippen LogP contribution in [0.4, 0.5) is 0 Å². The largest absolute Gasteiger partial charge is 0.300 e. The minimum absolute atomic E-state index is 0.508. The molecule has 1 fully saturated rings. The number of hydrogen-bond donors (Lipinski definition) is 0. The zero-order chi connectivity index (χ0) is 8.81. The van der Waals surface area contributed by atoms with Gasteiger partial charge in [0.15, 0.2) is 0 Å². The zero-order valence-electron chi connectivity index (χ0n) is 8.14. The molecule has 0 aromatic carbocycles. The third kappa shape index (κ3) is 3.38. The molecule has 1 aliphatic rings. The fraction of sp³-hybridized carbons (Fsp3) is 0.909. The highest BCUT2D eigenvalue weighted by molar-refractivity contribution is 5.78. The fourth-order valence-electron chi connectivity index (χ4n) is 2.11. The van der Waals surface area contributed by atoms with Gasteiger partial charge >= 0.3 is 0 Å². The molecular weight excluding hydrogens is 148 g/mol. The van der Waals surface area contributed by atoms with E-state index in [9.17, 15) is 4.79 Å². The smallest absolute Gasteiger partial charge is 0.133 e. The molecule has 0 amide bonds. The van der Waals surface area contributed by atoms with Gasteiger partial charge in [-0.05, 0) is 12.3 Å². The van der Waals surface area contributed by atoms with E-state index >= 15 is 0 Å². The fourth-order valence-corrected chi connectivity index (χ4v) is 2.11. The average Bonchev–Trinajstić information content (AvgIpc) is 2.00. The van der Waals surface area contributed by atoms with Gasteiger partial charge in [-0.2, -0.15) is 0 Å². The second-order valence-electron chi connectivity index (χ2n) is 4.00. The van der Waals surface area contributed by atoms with Crippen molar-refractivity contribution in [3.8, 4) is 0 Å². The SMILES string of the molecule is CCCC1CCCCCC(=O)C1. The van der Waals surface area contributed by atoms with Crippen LogP contribution in [-0.2, 0) is 4.79 Å². The van der Waals surface area contributed by atoms with Gasteiger partial charge in [0.1, 0.15) is 5.78 Å². The summed E-state index contributed by atoms with van der Waals surface area (Å²) in [5.74, 6) is 1.22. The summed E-state index contributed by atoms with van der Waals surface area (Å²) in [6, 6.07) is 0. The maximum atomic E-state index is 11.3. The minimum Gasteiger partial charge on any atom is -0.300 e. The molecule has 0 saturated heterocycles. The van der Waals surface area contributed by atoms with Gasteiger partial charge in [0, 0.05) is 12.8 Å². The molecule has 1 nitrogen and oxygen atoms in total. The quantitative estimate of drug-likeness (QED) is 0.618. The summed E-state index contributed by atoms with van der Waals surface area (Å²) in [5, 5.41) is 0. The molecule has 1 heteroatoms. The molecule has 1 unspecified atom stereocenters. The summed E-state index contributed by atoms with van der Waals surface area (Å²) in [5.41, 5.74) is 0. The van der Waals surface area contributed by atoms with Crippen LogP contribution < -0.4 is 0 Å². The Morgan fingerprint density at radius 3 is 2.92 bits per heavy atom. The van der Waals surface area contributed by atoms with Gasteiger partial charge < -0.3 is 0 Å². The van der Waals surface area contributed by atoms with Crippen molar-refractivity contribution in [1.82, 2.24) is 0 Å². The maximum absolute atomic E-state index is 11.3. The first kappa shape index (κ1) is 9.76. The molecule has 0 aromatic rings. The number of carbonyl (C=O) groups excluding carboxylic acids is 1. The van der Waals surface area contributed by atoms with Crippen LogP contribution in [0.25, 0.3) is 0 Å². The van der Waals surface area contributed by atoms with Crippen molar-refractivity contribution in [3.05, 3.63) is 0 Å². The van der Waals surface area contributed by atoms with E-state index in [0.717, 1.165) is 19.3 Å². The Morgan fingerprint density at radius 1 is 1.33 bits per heavy atom. The summed E-state index contributed by atoms with van der Waals surface area (Å²) in [7, 11) is 0. The molecule has 0 N–H and O–H groups in total. The third-order valence-corrected chi connectivity index (χ3v) is 2.78. The van der Waals surface area contributed by atoms with E-state index in [1.807, 2.05) is 0 Å². The van der Waals surface area contributed by atoms with Crippen molar-refractivity contribution in [1.29, 1.82) is 0 Å². The Kier molecular flexibility index (Phi) is 4.34. The molecule has 0 heterocycles. The number of hydrogen-bond acceptors (Lipinski definition) is 1. The Hall–Kier alpha value is -0.330. The average molecular weight is 168 g/mol. The first-order valence-corrected chi connectivity index (χ1v) is 5.34. The Labute approximate surface area is 75.5 Å². The van der Waals surface area contributed by atoms with E-state index < -0.39 is 0 Å². The second-order valence-corrected chi connectivity index (χ2v) is 4.00. The lowest BCUT2D eigenvalue weighted by molar-refractivity contribution is -0.120. The number of ketones is 1. The van der Waals surface area contributed by atoms with Crippen molar-refractivity contribution in [3.63, 3.8) is 0 Å². The summed E-state index contributed by atoms with van der Waals surface area (Å²) in [6.45, 7) is 2.21. The standard InChI is InChI=1S/C11H20O/c1-2-6-10-7-4-3-5-8-11(12)9-10/h10H,2-9H2,1H3. The second kappa shape index (κ2) is 5.34. The van der Waals surface area contributed by atoms with Crippen molar-refractivity contribution in [2.45, 2.75) is 58.3 Å². The van der Waals surface area contributed by atoms with E-state index in [-0.39, 0.29) is 0 Å². The van der Waals surface area contributed by atoms with Crippen LogP contribution in [0.5, 0.6) is 0 Å². The van der Waals surface area contributed by atoms with Crippen LogP contribution in [0.3, 0.4) is 0 Å². The number of Topliss-reactive ketones (excluding diaryl/α,β-unsaturated/α-hetero) is 1. The molecule has 70 valence electrons. The first-order chi connectivity index (χ1) is 5.83. The Morgan fingerprint density at radius 2 is 2.17 bits per heavy atom. The van der Waals surface area contributed by atoms with E-state index in [0.29, 0.717) is 11.7 Å². The highest BCUT2D eigenvalue weighted by Crippen LogP contribution is 2.23.